The molecule has 1 unspecified atom stereocenters. The van der Waals surface area contributed by atoms with Crippen LogP contribution in [0.15, 0.2) is 27.3 Å². The number of hydrogen-bond acceptors (Lipinski definition) is 2. The number of carboxylic acids is 1. The van der Waals surface area contributed by atoms with Gasteiger partial charge in [0.1, 0.15) is 6.04 Å². The third-order valence-electron chi connectivity index (χ3n) is 3.61. The molecule has 1 aromatic carbocycles. The van der Waals surface area contributed by atoms with E-state index < -0.39 is 12.0 Å². The van der Waals surface area contributed by atoms with Crippen molar-refractivity contribution >= 4 is 54.6 Å². The second kappa shape index (κ2) is 5.46. The Morgan fingerprint density at radius 3 is 2.57 bits per heavy atom. The SMILES string of the molecule is O=C(NC(C(=O)O)C1CC1)c1c[nH]c2cc(Br)c(Br)cc12. The first kappa shape index (κ1) is 14.6. The second-order valence-corrected chi connectivity index (χ2v) is 6.85. The Hall–Kier alpha value is -1.34. The summed E-state index contributed by atoms with van der Waals surface area (Å²) in [7, 11) is 0. The zero-order valence-corrected chi connectivity index (χ0v) is 14.0. The van der Waals surface area contributed by atoms with Crippen molar-refractivity contribution in [3.63, 3.8) is 0 Å². The Morgan fingerprint density at radius 2 is 1.95 bits per heavy atom. The Balaban J connectivity index is 1.91. The molecule has 1 aromatic heterocycles. The lowest BCUT2D eigenvalue weighted by Gasteiger charge is -2.13. The van der Waals surface area contributed by atoms with Crippen molar-refractivity contribution in [1.29, 1.82) is 0 Å². The summed E-state index contributed by atoms with van der Waals surface area (Å²) in [4.78, 5) is 26.6. The normalized spacial score (nSPS) is 15.9. The molecular weight excluding hydrogens is 404 g/mol. The van der Waals surface area contributed by atoms with E-state index in [2.05, 4.69) is 42.2 Å². The first-order valence-electron chi connectivity index (χ1n) is 6.47. The van der Waals surface area contributed by atoms with Crippen LogP contribution in [0.4, 0.5) is 0 Å². The van der Waals surface area contributed by atoms with Crippen molar-refractivity contribution < 1.29 is 14.7 Å². The summed E-state index contributed by atoms with van der Waals surface area (Å²) in [5.74, 6) is -1.29. The molecule has 7 heteroatoms. The van der Waals surface area contributed by atoms with Crippen LogP contribution in [0.3, 0.4) is 0 Å². The molecular formula is C14H12Br2N2O3. The van der Waals surface area contributed by atoms with Crippen molar-refractivity contribution in [3.05, 3.63) is 32.8 Å². The molecule has 1 aliphatic rings. The molecule has 0 radical (unpaired) electrons. The predicted octanol–water partition coefficient (Wildman–Crippen LogP) is 3.29. The molecule has 0 aliphatic heterocycles. The smallest absolute Gasteiger partial charge is 0.326 e. The molecule has 1 amide bonds. The molecule has 0 saturated heterocycles. The van der Waals surface area contributed by atoms with Crippen molar-refractivity contribution in [2.45, 2.75) is 18.9 Å². The number of nitrogens with one attached hydrogen (secondary N) is 2. The highest BCUT2D eigenvalue weighted by Crippen LogP contribution is 2.33. The van der Waals surface area contributed by atoms with Crippen molar-refractivity contribution in [2.75, 3.05) is 0 Å². The third-order valence-corrected chi connectivity index (χ3v) is 5.46. The summed E-state index contributed by atoms with van der Waals surface area (Å²) in [6.07, 6.45) is 3.30. The minimum Gasteiger partial charge on any atom is -0.480 e. The number of aliphatic carboxylic acids is 1. The van der Waals surface area contributed by atoms with Crippen LogP contribution in [0.5, 0.6) is 0 Å². The Morgan fingerprint density at radius 1 is 1.29 bits per heavy atom. The molecule has 1 atom stereocenters. The topological polar surface area (TPSA) is 82.2 Å². The fourth-order valence-corrected chi connectivity index (χ4v) is 3.02. The van der Waals surface area contributed by atoms with Crippen molar-refractivity contribution in [3.8, 4) is 0 Å². The minimum atomic E-state index is -0.977. The van der Waals surface area contributed by atoms with E-state index in [-0.39, 0.29) is 11.8 Å². The van der Waals surface area contributed by atoms with E-state index in [1.54, 1.807) is 6.20 Å². The van der Waals surface area contributed by atoms with Gasteiger partial charge in [-0.15, -0.1) is 0 Å². The quantitative estimate of drug-likeness (QED) is 0.716. The number of benzene rings is 1. The first-order chi connectivity index (χ1) is 9.97. The van der Waals surface area contributed by atoms with Gasteiger partial charge in [0, 0.05) is 26.0 Å². The minimum absolute atomic E-state index is 0.0533. The van der Waals surface area contributed by atoms with Gasteiger partial charge in [-0.25, -0.2) is 4.79 Å². The Bertz CT molecular complexity index is 737. The number of carboxylic acid groups (broad SMARTS) is 1. The van der Waals surface area contributed by atoms with E-state index >= 15 is 0 Å². The Labute approximate surface area is 137 Å². The highest BCUT2D eigenvalue weighted by atomic mass is 79.9. The molecule has 21 heavy (non-hydrogen) atoms. The van der Waals surface area contributed by atoms with Crippen LogP contribution in [-0.2, 0) is 4.79 Å². The molecule has 3 rings (SSSR count). The number of hydrogen-bond donors (Lipinski definition) is 3. The first-order valence-corrected chi connectivity index (χ1v) is 8.06. The van der Waals surface area contributed by atoms with Crippen molar-refractivity contribution in [2.24, 2.45) is 5.92 Å². The highest BCUT2D eigenvalue weighted by Gasteiger charge is 2.37. The number of aromatic nitrogens is 1. The van der Waals surface area contributed by atoms with Gasteiger partial charge in [-0.3, -0.25) is 4.79 Å². The van der Waals surface area contributed by atoms with Crippen LogP contribution < -0.4 is 5.32 Å². The van der Waals surface area contributed by atoms with Gasteiger partial charge in [-0.2, -0.15) is 0 Å². The fourth-order valence-electron chi connectivity index (χ4n) is 2.33. The summed E-state index contributed by atoms with van der Waals surface area (Å²) in [6, 6.07) is 2.89. The average molecular weight is 416 g/mol. The summed E-state index contributed by atoms with van der Waals surface area (Å²) in [5, 5.41) is 12.6. The van der Waals surface area contributed by atoms with E-state index in [4.69, 9.17) is 0 Å². The molecule has 1 saturated carbocycles. The van der Waals surface area contributed by atoms with Gasteiger partial charge in [0.05, 0.1) is 5.56 Å². The van der Waals surface area contributed by atoms with Gasteiger partial charge < -0.3 is 15.4 Å². The lowest BCUT2D eigenvalue weighted by Crippen LogP contribution is -2.42. The number of H-pyrrole nitrogens is 1. The predicted molar refractivity (Wildman–Crippen MR) is 85.3 cm³/mol. The largest absolute Gasteiger partial charge is 0.480 e. The van der Waals surface area contributed by atoms with E-state index in [0.29, 0.717) is 5.56 Å². The van der Waals surface area contributed by atoms with E-state index in [1.165, 1.54) is 0 Å². The third kappa shape index (κ3) is 2.85. The molecule has 1 aliphatic carbocycles. The van der Waals surface area contributed by atoms with Gasteiger partial charge in [-0.05, 0) is 62.8 Å². The number of fused-ring (bicyclic) bond motifs is 1. The fraction of sp³-hybridized carbons (Fsp3) is 0.286. The molecule has 2 aromatic rings. The lowest BCUT2D eigenvalue weighted by atomic mass is 10.1. The molecule has 0 spiro atoms. The summed E-state index contributed by atoms with van der Waals surface area (Å²) in [5.41, 5.74) is 1.26. The molecule has 0 bridgehead atoms. The molecule has 5 nitrogen and oxygen atoms in total. The number of carbonyl (C=O) groups is 2. The molecule has 1 heterocycles. The van der Waals surface area contributed by atoms with E-state index in [1.807, 2.05) is 12.1 Å². The Kier molecular flexibility index (Phi) is 3.79. The monoisotopic (exact) mass is 414 g/mol. The van der Waals surface area contributed by atoms with Crippen LogP contribution in [-0.4, -0.2) is 28.0 Å². The van der Waals surface area contributed by atoms with E-state index in [0.717, 1.165) is 32.7 Å². The number of aromatic amines is 1. The summed E-state index contributed by atoms with van der Waals surface area (Å²) >= 11 is 6.81. The van der Waals surface area contributed by atoms with Crippen LogP contribution in [0, 0.1) is 5.92 Å². The number of amides is 1. The maximum atomic E-state index is 12.3. The summed E-state index contributed by atoms with van der Waals surface area (Å²) < 4.78 is 1.71. The molecule has 3 N–H and O–H groups in total. The van der Waals surface area contributed by atoms with Crippen LogP contribution in [0.2, 0.25) is 0 Å². The van der Waals surface area contributed by atoms with Gasteiger partial charge in [0.2, 0.25) is 0 Å². The maximum absolute atomic E-state index is 12.3. The van der Waals surface area contributed by atoms with Crippen molar-refractivity contribution in [1.82, 2.24) is 10.3 Å². The molecule has 1 fully saturated rings. The van der Waals surface area contributed by atoms with Gasteiger partial charge in [0.25, 0.3) is 5.91 Å². The highest BCUT2D eigenvalue weighted by molar-refractivity contribution is 9.13. The van der Waals surface area contributed by atoms with E-state index in [9.17, 15) is 14.7 Å². The molecule has 110 valence electrons. The number of rotatable bonds is 4. The number of carbonyl (C=O) groups excluding carboxylic acids is 1. The zero-order chi connectivity index (χ0) is 15.1. The average Bonchev–Trinajstić information content (AvgIpc) is 3.18. The van der Waals surface area contributed by atoms with Gasteiger partial charge in [0.15, 0.2) is 0 Å². The van der Waals surface area contributed by atoms with Crippen LogP contribution in [0.25, 0.3) is 10.9 Å². The number of halogens is 2. The maximum Gasteiger partial charge on any atom is 0.326 e. The summed E-state index contributed by atoms with van der Waals surface area (Å²) in [6.45, 7) is 0. The zero-order valence-electron chi connectivity index (χ0n) is 10.8. The lowest BCUT2D eigenvalue weighted by molar-refractivity contribution is -0.139. The van der Waals surface area contributed by atoms with Crippen LogP contribution >= 0.6 is 31.9 Å². The van der Waals surface area contributed by atoms with Gasteiger partial charge >= 0.3 is 5.97 Å². The van der Waals surface area contributed by atoms with Gasteiger partial charge in [-0.1, -0.05) is 0 Å². The standard InChI is InChI=1S/C14H12Br2N2O3/c15-9-3-7-8(5-17-11(7)4-10(9)16)13(19)18-12(14(20)21)6-1-2-6/h3-6,12,17H,1-2H2,(H,18,19)(H,20,21). The van der Waals surface area contributed by atoms with Crippen LogP contribution in [0.1, 0.15) is 23.2 Å². The second-order valence-electron chi connectivity index (χ2n) is 5.14.